The maximum absolute atomic E-state index is 14.4. The second kappa shape index (κ2) is 26.2. The van der Waals surface area contributed by atoms with E-state index in [0.717, 1.165) is 55.0 Å². The summed E-state index contributed by atoms with van der Waals surface area (Å²) < 4.78 is 6.43. The molecule has 3 heterocycles. The van der Waals surface area contributed by atoms with Gasteiger partial charge in [-0.2, -0.15) is 0 Å². The Balaban J connectivity index is 1.43. The van der Waals surface area contributed by atoms with Crippen molar-refractivity contribution in [3.05, 3.63) is 76.4 Å². The molecule has 1 unspecified atom stereocenters. The summed E-state index contributed by atoms with van der Waals surface area (Å²) in [5.74, 6) is -0.144. The van der Waals surface area contributed by atoms with E-state index in [1.165, 1.54) is 11.3 Å². The van der Waals surface area contributed by atoms with Crippen LogP contribution in [0.1, 0.15) is 114 Å². The number of amides is 4. The first kappa shape index (κ1) is 50.1. The van der Waals surface area contributed by atoms with Gasteiger partial charge >= 0.3 is 0 Å². The lowest BCUT2D eigenvalue weighted by Crippen LogP contribution is -2.58. The first-order chi connectivity index (χ1) is 29.3. The van der Waals surface area contributed by atoms with Gasteiger partial charge in [-0.1, -0.05) is 102 Å². The number of aromatic nitrogens is 2. The molecular weight excluding hydrogens is 827 g/mol. The molecule has 0 aliphatic carbocycles. The minimum Gasteiger partial charge on any atom is -0.371 e. The van der Waals surface area contributed by atoms with E-state index < -0.39 is 12.1 Å². The molecule has 4 amide bonds. The van der Waals surface area contributed by atoms with Gasteiger partial charge in [0, 0.05) is 62.0 Å². The number of likely N-dealkylation sites (tertiary alicyclic amines) is 1. The first-order valence-electron chi connectivity index (χ1n) is 22.0. The molecule has 4 rings (SSSR count). The van der Waals surface area contributed by atoms with Crippen molar-refractivity contribution >= 4 is 56.6 Å². The molecule has 12 nitrogen and oxygen atoms in total. The lowest BCUT2D eigenvalue weighted by atomic mass is 9.92. The van der Waals surface area contributed by atoms with Gasteiger partial charge in [-0.25, -0.2) is 9.97 Å². The second-order valence-corrected chi connectivity index (χ2v) is 20.0. The molecule has 336 valence electrons. The minimum absolute atomic E-state index is 0.0534. The fraction of sp³-hybridized carbons (Fsp3) is 0.609. The molecule has 0 spiro atoms. The number of ether oxygens (including phenoxy) is 1. The molecule has 1 aliphatic heterocycles. The summed E-state index contributed by atoms with van der Waals surface area (Å²) in [6.45, 7) is 14.1. The van der Waals surface area contributed by atoms with Gasteiger partial charge in [0.25, 0.3) is 5.91 Å². The van der Waals surface area contributed by atoms with Crippen molar-refractivity contribution in [1.29, 1.82) is 0 Å². The maximum atomic E-state index is 14.4. The van der Waals surface area contributed by atoms with Crippen molar-refractivity contribution in [3.8, 4) is 0 Å². The number of rotatable bonds is 25. The largest absolute Gasteiger partial charge is 0.371 e. The van der Waals surface area contributed by atoms with Gasteiger partial charge in [-0.3, -0.25) is 24.1 Å². The van der Waals surface area contributed by atoms with Crippen LogP contribution in [0.2, 0.25) is 0 Å². The highest BCUT2D eigenvalue weighted by Crippen LogP contribution is 2.32. The number of carbonyl (C=O) groups excluding carboxylic acids is 4. The van der Waals surface area contributed by atoms with Gasteiger partial charge < -0.3 is 25.6 Å². The van der Waals surface area contributed by atoms with Gasteiger partial charge in [0.1, 0.15) is 27.9 Å². The first-order valence-corrected chi connectivity index (χ1v) is 25.2. The molecule has 7 atom stereocenters. The van der Waals surface area contributed by atoms with Crippen LogP contribution in [-0.4, -0.2) is 107 Å². The molecule has 1 fully saturated rings. The van der Waals surface area contributed by atoms with Crippen molar-refractivity contribution < 1.29 is 23.9 Å². The van der Waals surface area contributed by atoms with Gasteiger partial charge in [0.2, 0.25) is 17.7 Å². The van der Waals surface area contributed by atoms with Crippen LogP contribution in [0.4, 0.5) is 0 Å². The maximum Gasteiger partial charge on any atom is 0.270 e. The summed E-state index contributed by atoms with van der Waals surface area (Å²) in [6, 6.07) is 14.3. The van der Waals surface area contributed by atoms with Crippen molar-refractivity contribution in [2.75, 3.05) is 39.5 Å². The standard InChI is InChI=1S/C46H69N7O5S3/c1-9-25-58-39(29-38(31(3)4)53(8)46(57)41(32(5)10-2)51-44(56)37-20-15-17-24-52(37)7)45-50-36(30-59-45)43(55)49-35(28-34-18-12-11-13-19-34)27-33(6)42(54)48-23-26-60-61-40-21-14-16-22-47-40/h11-14,16,18-19,21-22,30-33,35,37-39,41H,9-10,15,17,20,23-29H2,1-8H3,(H,48,54)(H,49,55)(H,51,56)/t32?,33-,35+,37+,38+,39+,41-/m0/s1. The highest BCUT2D eigenvalue weighted by atomic mass is 33.1. The summed E-state index contributed by atoms with van der Waals surface area (Å²) in [5, 5.41) is 12.8. The topological polar surface area (TPSA) is 146 Å². The van der Waals surface area contributed by atoms with Crippen LogP contribution in [-0.2, 0) is 25.5 Å². The predicted octanol–water partition coefficient (Wildman–Crippen LogP) is 7.82. The van der Waals surface area contributed by atoms with Crippen LogP contribution in [0.3, 0.4) is 0 Å². The van der Waals surface area contributed by atoms with Crippen molar-refractivity contribution in [2.45, 2.75) is 128 Å². The highest BCUT2D eigenvalue weighted by Gasteiger charge is 2.37. The fourth-order valence-corrected chi connectivity index (χ4v) is 10.3. The molecular formula is C46H69N7O5S3. The third kappa shape index (κ3) is 16.0. The number of nitrogens with one attached hydrogen (secondary N) is 3. The van der Waals surface area contributed by atoms with Crippen LogP contribution >= 0.6 is 32.9 Å². The molecule has 0 radical (unpaired) electrons. The molecule has 1 aromatic carbocycles. The third-order valence-electron chi connectivity index (χ3n) is 11.5. The van der Waals surface area contributed by atoms with E-state index in [4.69, 9.17) is 9.72 Å². The summed E-state index contributed by atoms with van der Waals surface area (Å²) >= 11 is 1.38. The van der Waals surface area contributed by atoms with Gasteiger partial charge in [-0.15, -0.1) is 11.3 Å². The van der Waals surface area contributed by atoms with Crippen LogP contribution in [0.15, 0.2) is 65.1 Å². The molecule has 15 heteroatoms. The minimum atomic E-state index is -0.650. The Hall–Kier alpha value is -3.50. The van der Waals surface area contributed by atoms with Gasteiger partial charge in [0.05, 0.1) is 6.04 Å². The second-order valence-electron chi connectivity index (χ2n) is 16.7. The van der Waals surface area contributed by atoms with Crippen molar-refractivity contribution in [3.63, 3.8) is 0 Å². The molecule has 3 aromatic rings. The fourth-order valence-electron chi connectivity index (χ4n) is 7.63. The quantitative estimate of drug-likeness (QED) is 0.0569. The van der Waals surface area contributed by atoms with Crippen molar-refractivity contribution in [1.82, 2.24) is 35.7 Å². The molecule has 0 saturated carbocycles. The lowest BCUT2D eigenvalue weighted by Gasteiger charge is -2.38. The number of benzene rings is 1. The van der Waals surface area contributed by atoms with Gasteiger partial charge in [-0.05, 0) is 86.0 Å². The molecule has 3 N–H and O–H groups in total. The smallest absolute Gasteiger partial charge is 0.270 e. The number of nitrogens with zero attached hydrogens (tertiary/aromatic N) is 4. The molecule has 1 saturated heterocycles. The molecule has 61 heavy (non-hydrogen) atoms. The average molecular weight is 896 g/mol. The summed E-state index contributed by atoms with van der Waals surface area (Å²) in [4.78, 5) is 68.1. The number of pyridine rings is 1. The van der Waals surface area contributed by atoms with E-state index in [-0.39, 0.29) is 59.5 Å². The summed E-state index contributed by atoms with van der Waals surface area (Å²) in [7, 11) is 7.03. The van der Waals surface area contributed by atoms with E-state index in [2.05, 4.69) is 39.7 Å². The van der Waals surface area contributed by atoms with Crippen LogP contribution in [0, 0.1) is 17.8 Å². The zero-order valence-corrected chi connectivity index (χ0v) is 39.9. The Kier molecular flexibility index (Phi) is 21.5. The van der Waals surface area contributed by atoms with Crippen molar-refractivity contribution in [2.24, 2.45) is 17.8 Å². The summed E-state index contributed by atoms with van der Waals surface area (Å²) in [5.41, 5.74) is 1.35. The predicted molar refractivity (Wildman–Crippen MR) is 250 cm³/mol. The average Bonchev–Trinajstić information content (AvgIpc) is 3.76. The molecule has 0 bridgehead atoms. The molecule has 1 aliphatic rings. The lowest BCUT2D eigenvalue weighted by molar-refractivity contribution is -0.141. The summed E-state index contributed by atoms with van der Waals surface area (Å²) in [6.07, 6.45) is 7.20. The van der Waals surface area contributed by atoms with E-state index >= 15 is 0 Å². The number of piperidine rings is 1. The van der Waals surface area contributed by atoms with Crippen LogP contribution in [0.25, 0.3) is 0 Å². The zero-order valence-electron chi connectivity index (χ0n) is 37.4. The number of likely N-dealkylation sites (N-methyl/N-ethyl adjacent to an activating group) is 2. The Morgan fingerprint density at radius 1 is 1.00 bits per heavy atom. The Morgan fingerprint density at radius 2 is 1.75 bits per heavy atom. The normalized spacial score (nSPS) is 17.4. The van der Waals surface area contributed by atoms with Gasteiger partial charge in [0.15, 0.2) is 0 Å². The number of hydrogen-bond donors (Lipinski definition) is 3. The van der Waals surface area contributed by atoms with E-state index in [1.807, 2.05) is 90.3 Å². The van der Waals surface area contributed by atoms with Crippen LogP contribution in [0.5, 0.6) is 0 Å². The third-order valence-corrected chi connectivity index (χ3v) is 14.7. The Labute approximate surface area is 376 Å². The monoisotopic (exact) mass is 895 g/mol. The Morgan fingerprint density at radius 3 is 2.43 bits per heavy atom. The highest BCUT2D eigenvalue weighted by molar-refractivity contribution is 8.76. The van der Waals surface area contributed by atoms with E-state index in [1.54, 1.807) is 38.1 Å². The number of thiazole rings is 1. The number of hydrogen-bond acceptors (Lipinski definition) is 11. The van der Waals surface area contributed by atoms with Crippen LogP contribution < -0.4 is 16.0 Å². The SMILES string of the molecule is CCCO[C@H](C[C@H](C(C)C)N(C)C(=O)[C@@H](NC(=O)[C@H]1CCCCN1C)C(C)CC)c1nc(C(=O)N[C@@H](Cc2ccccc2)C[C@H](C)C(=O)NCCSSc2ccccn2)cs1. The zero-order chi connectivity index (χ0) is 44.3. The Bertz CT molecular complexity index is 1780. The number of carbonyl (C=O) groups is 4. The van der Waals surface area contributed by atoms with E-state index in [9.17, 15) is 19.2 Å². The van der Waals surface area contributed by atoms with E-state index in [0.29, 0.717) is 43.1 Å². The molecule has 2 aromatic heterocycles.